The van der Waals surface area contributed by atoms with Crippen LogP contribution >= 0.6 is 0 Å². The molecule has 0 aliphatic carbocycles. The Hall–Kier alpha value is -3.10. The number of hydrogen-bond acceptors (Lipinski definition) is 7. The predicted molar refractivity (Wildman–Crippen MR) is 102 cm³/mol. The number of nitro groups is 1. The van der Waals surface area contributed by atoms with Crippen LogP contribution < -0.4 is 10.2 Å². The van der Waals surface area contributed by atoms with Crippen LogP contribution in [0, 0.1) is 10.1 Å². The average Bonchev–Trinajstić information content (AvgIpc) is 2.90. The molecule has 27 heavy (non-hydrogen) atoms. The first-order chi connectivity index (χ1) is 12.6. The van der Waals surface area contributed by atoms with Crippen LogP contribution in [0.1, 0.15) is 43.7 Å². The van der Waals surface area contributed by atoms with Gasteiger partial charge in [0.05, 0.1) is 35.1 Å². The van der Waals surface area contributed by atoms with Gasteiger partial charge in [-0.1, -0.05) is 0 Å². The summed E-state index contributed by atoms with van der Waals surface area (Å²) in [5.74, 6) is -0.000172. The summed E-state index contributed by atoms with van der Waals surface area (Å²) < 4.78 is 6.91. The van der Waals surface area contributed by atoms with E-state index in [1.165, 1.54) is 12.1 Å². The molecule has 0 saturated carbocycles. The first-order valence-corrected chi connectivity index (χ1v) is 8.69. The largest absolute Gasteiger partial charge is 0.462 e. The van der Waals surface area contributed by atoms with E-state index in [1.807, 2.05) is 32.7 Å². The lowest BCUT2D eigenvalue weighted by Gasteiger charge is -2.28. The molecule has 0 fully saturated rings. The Bertz CT molecular complexity index is 913. The van der Waals surface area contributed by atoms with Crippen LogP contribution in [0.25, 0.3) is 5.69 Å². The highest BCUT2D eigenvalue weighted by Gasteiger charge is 2.32. The fraction of sp³-hybridized carbons (Fsp3) is 0.444. The summed E-state index contributed by atoms with van der Waals surface area (Å²) in [5, 5.41) is 19.0. The molecule has 0 spiro atoms. The molecule has 1 aromatic carbocycles. The van der Waals surface area contributed by atoms with E-state index in [1.54, 1.807) is 17.7 Å². The van der Waals surface area contributed by atoms with E-state index >= 15 is 0 Å². The second-order valence-corrected chi connectivity index (χ2v) is 7.46. The lowest BCUT2D eigenvalue weighted by atomic mass is 10.1. The number of benzene rings is 1. The van der Waals surface area contributed by atoms with E-state index in [4.69, 9.17) is 4.74 Å². The molecular weight excluding hydrogens is 350 g/mol. The molecule has 9 nitrogen and oxygen atoms in total. The Morgan fingerprint density at radius 3 is 2.67 bits per heavy atom. The Kier molecular flexibility index (Phi) is 4.54. The molecule has 0 atom stereocenters. The summed E-state index contributed by atoms with van der Waals surface area (Å²) in [7, 11) is 1.82. The molecule has 144 valence electrons. The van der Waals surface area contributed by atoms with E-state index < -0.39 is 10.9 Å². The van der Waals surface area contributed by atoms with Crippen LogP contribution in [0.4, 0.5) is 17.2 Å². The fourth-order valence-corrected chi connectivity index (χ4v) is 3.08. The highest BCUT2D eigenvalue weighted by molar-refractivity contribution is 5.97. The third-order valence-corrected chi connectivity index (χ3v) is 4.15. The zero-order chi connectivity index (χ0) is 19.9. The van der Waals surface area contributed by atoms with E-state index in [0.717, 1.165) is 0 Å². The monoisotopic (exact) mass is 373 g/mol. The van der Waals surface area contributed by atoms with Crippen molar-refractivity contribution in [3.8, 4) is 5.69 Å². The normalized spacial score (nSPS) is 13.0. The van der Waals surface area contributed by atoms with Gasteiger partial charge >= 0.3 is 5.97 Å². The van der Waals surface area contributed by atoms with Gasteiger partial charge in [0.25, 0.3) is 5.69 Å². The van der Waals surface area contributed by atoms with E-state index in [-0.39, 0.29) is 17.8 Å². The maximum absolute atomic E-state index is 12.6. The van der Waals surface area contributed by atoms with Crippen LogP contribution in [-0.4, -0.2) is 39.9 Å². The minimum Gasteiger partial charge on any atom is -0.462 e. The minimum atomic E-state index is -0.440. The quantitative estimate of drug-likeness (QED) is 0.499. The molecule has 2 aromatic rings. The summed E-state index contributed by atoms with van der Waals surface area (Å²) in [6.45, 7) is 8.32. The van der Waals surface area contributed by atoms with Gasteiger partial charge in [-0.3, -0.25) is 10.1 Å². The van der Waals surface area contributed by atoms with E-state index in [0.29, 0.717) is 35.0 Å². The number of esters is 1. The number of aromatic nitrogens is 2. The zero-order valence-corrected chi connectivity index (χ0v) is 16.1. The summed E-state index contributed by atoms with van der Waals surface area (Å²) in [6, 6.07) is 4.60. The van der Waals surface area contributed by atoms with Crippen LogP contribution in [-0.2, 0) is 11.3 Å². The third kappa shape index (κ3) is 3.44. The SMILES string of the molecule is CCOC(=O)c1c(NC(C)(C)C)nn2c1CN(C)c1cc([N+](=O)[O-])ccc1-2. The molecule has 9 heteroatoms. The lowest BCUT2D eigenvalue weighted by Crippen LogP contribution is -2.28. The maximum Gasteiger partial charge on any atom is 0.343 e. The van der Waals surface area contributed by atoms with E-state index in [2.05, 4.69) is 10.4 Å². The van der Waals surface area contributed by atoms with Gasteiger partial charge in [-0.05, 0) is 33.8 Å². The molecule has 0 radical (unpaired) electrons. The molecule has 2 heterocycles. The second kappa shape index (κ2) is 6.57. The predicted octanol–water partition coefficient (Wildman–Crippen LogP) is 3.12. The third-order valence-electron chi connectivity index (χ3n) is 4.15. The number of ether oxygens (including phenoxy) is 1. The van der Waals surface area contributed by atoms with Gasteiger partial charge in [-0.2, -0.15) is 0 Å². The van der Waals surface area contributed by atoms with Crippen molar-refractivity contribution < 1.29 is 14.5 Å². The number of nitrogens with zero attached hydrogens (tertiary/aromatic N) is 4. The van der Waals surface area contributed by atoms with Crippen molar-refractivity contribution in [2.45, 2.75) is 39.8 Å². The Morgan fingerprint density at radius 1 is 1.37 bits per heavy atom. The summed E-state index contributed by atoms with van der Waals surface area (Å²) in [5.41, 5.74) is 2.13. The number of carbonyl (C=O) groups excluding carboxylic acids is 1. The molecule has 0 amide bonds. The molecule has 0 unspecified atom stereocenters. The number of nitrogens with one attached hydrogen (secondary N) is 1. The average molecular weight is 373 g/mol. The highest BCUT2D eigenvalue weighted by atomic mass is 16.6. The molecule has 1 aliphatic rings. The first-order valence-electron chi connectivity index (χ1n) is 8.69. The Morgan fingerprint density at radius 2 is 2.07 bits per heavy atom. The van der Waals surface area contributed by atoms with Gasteiger partial charge in [0, 0.05) is 24.7 Å². The van der Waals surface area contributed by atoms with Gasteiger partial charge in [0.15, 0.2) is 5.82 Å². The van der Waals surface area contributed by atoms with Crippen molar-refractivity contribution in [1.29, 1.82) is 0 Å². The van der Waals surface area contributed by atoms with Gasteiger partial charge < -0.3 is 15.0 Å². The highest BCUT2D eigenvalue weighted by Crippen LogP contribution is 2.37. The Labute approximate surface area is 157 Å². The topological polar surface area (TPSA) is 103 Å². The molecular formula is C18H23N5O4. The molecule has 3 rings (SSSR count). The van der Waals surface area contributed by atoms with Gasteiger partial charge in [0.1, 0.15) is 5.56 Å². The fourth-order valence-electron chi connectivity index (χ4n) is 3.08. The van der Waals surface area contributed by atoms with Crippen molar-refractivity contribution in [2.75, 3.05) is 23.9 Å². The number of anilines is 2. The molecule has 0 saturated heterocycles. The van der Waals surface area contributed by atoms with Gasteiger partial charge in [-0.25, -0.2) is 9.48 Å². The van der Waals surface area contributed by atoms with Gasteiger partial charge in [0.2, 0.25) is 0 Å². The summed E-state index contributed by atoms with van der Waals surface area (Å²) in [6.07, 6.45) is 0. The lowest BCUT2D eigenvalue weighted by molar-refractivity contribution is -0.384. The van der Waals surface area contributed by atoms with Crippen LogP contribution in [0.15, 0.2) is 18.2 Å². The maximum atomic E-state index is 12.6. The number of carbonyl (C=O) groups is 1. The van der Waals surface area contributed by atoms with Crippen LogP contribution in [0.3, 0.4) is 0 Å². The summed E-state index contributed by atoms with van der Waals surface area (Å²) >= 11 is 0. The standard InChI is InChI=1S/C18H23N5O4/c1-6-27-17(24)15-14-10-21(5)13-9-11(23(25)26)7-8-12(13)22(14)20-16(15)19-18(2,3)4/h7-9H,6,10H2,1-5H3,(H,19,20). The number of rotatable bonds is 4. The van der Waals surface area contributed by atoms with Crippen LogP contribution in [0.2, 0.25) is 0 Å². The van der Waals surface area contributed by atoms with Crippen LogP contribution in [0.5, 0.6) is 0 Å². The van der Waals surface area contributed by atoms with Crippen molar-refractivity contribution in [1.82, 2.24) is 9.78 Å². The molecule has 1 N–H and O–H groups in total. The smallest absolute Gasteiger partial charge is 0.343 e. The second-order valence-electron chi connectivity index (χ2n) is 7.46. The zero-order valence-electron chi connectivity index (χ0n) is 16.1. The van der Waals surface area contributed by atoms with E-state index in [9.17, 15) is 14.9 Å². The van der Waals surface area contributed by atoms with Gasteiger partial charge in [-0.15, -0.1) is 5.10 Å². The number of hydrogen-bond donors (Lipinski definition) is 1. The summed E-state index contributed by atoms with van der Waals surface area (Å²) in [4.78, 5) is 25.2. The van der Waals surface area contributed by atoms with Crippen molar-refractivity contribution in [3.63, 3.8) is 0 Å². The number of fused-ring (bicyclic) bond motifs is 3. The molecule has 1 aromatic heterocycles. The number of nitro benzene ring substituents is 1. The number of non-ortho nitro benzene ring substituents is 1. The first kappa shape index (κ1) is 18.7. The van der Waals surface area contributed by atoms with Crippen molar-refractivity contribution >= 4 is 23.2 Å². The van der Waals surface area contributed by atoms with Crippen molar-refractivity contribution in [3.05, 3.63) is 39.6 Å². The Balaban J connectivity index is 2.19. The van der Waals surface area contributed by atoms with Crippen molar-refractivity contribution in [2.24, 2.45) is 0 Å². The molecule has 1 aliphatic heterocycles. The molecule has 0 bridgehead atoms. The minimum absolute atomic E-state index is 0.00913.